The molecule has 0 amide bonds. The molecule has 72 valence electrons. The van der Waals surface area contributed by atoms with Crippen LogP contribution in [0.1, 0.15) is 22.8 Å². The number of phenols is 1. The normalized spacial score (nSPS) is 10.7. The number of carbonyl (C=O) groups excluding carboxylic acids is 1. The first-order chi connectivity index (χ1) is 6.61. The second-order valence-corrected chi connectivity index (χ2v) is 3.31. The molecule has 0 aliphatic carbocycles. The van der Waals surface area contributed by atoms with E-state index in [1.807, 2.05) is 6.92 Å². The SMILES string of the molecule is CC(=O)c1ccc(O)c2occ(C)c12. The van der Waals surface area contributed by atoms with Gasteiger partial charge in [0.2, 0.25) is 0 Å². The van der Waals surface area contributed by atoms with Gasteiger partial charge in [0.1, 0.15) is 0 Å². The summed E-state index contributed by atoms with van der Waals surface area (Å²) in [5, 5.41) is 10.2. The fourth-order valence-electron chi connectivity index (χ4n) is 1.58. The fraction of sp³-hybridized carbons (Fsp3) is 0.182. The van der Waals surface area contributed by atoms with Gasteiger partial charge in [0, 0.05) is 10.9 Å². The van der Waals surface area contributed by atoms with Crippen LogP contribution in [0.5, 0.6) is 5.75 Å². The number of aromatic hydroxyl groups is 1. The van der Waals surface area contributed by atoms with Crippen LogP contribution in [0.25, 0.3) is 11.0 Å². The molecule has 14 heavy (non-hydrogen) atoms. The zero-order valence-electron chi connectivity index (χ0n) is 8.00. The van der Waals surface area contributed by atoms with E-state index in [9.17, 15) is 9.90 Å². The third-order valence-corrected chi connectivity index (χ3v) is 2.26. The number of hydrogen-bond donors (Lipinski definition) is 1. The molecular weight excluding hydrogens is 180 g/mol. The summed E-state index contributed by atoms with van der Waals surface area (Å²) < 4.78 is 5.17. The number of benzene rings is 1. The molecule has 0 saturated heterocycles. The van der Waals surface area contributed by atoms with Crippen LogP contribution in [0.2, 0.25) is 0 Å². The van der Waals surface area contributed by atoms with Gasteiger partial charge in [-0.05, 0) is 31.5 Å². The van der Waals surface area contributed by atoms with Crippen molar-refractivity contribution in [3.8, 4) is 5.75 Å². The maximum absolute atomic E-state index is 11.3. The molecule has 1 heterocycles. The van der Waals surface area contributed by atoms with Crippen LogP contribution in [-0.4, -0.2) is 10.9 Å². The van der Waals surface area contributed by atoms with Gasteiger partial charge >= 0.3 is 0 Å². The maximum Gasteiger partial charge on any atom is 0.176 e. The van der Waals surface area contributed by atoms with E-state index < -0.39 is 0 Å². The van der Waals surface area contributed by atoms with Crippen molar-refractivity contribution >= 4 is 16.8 Å². The molecule has 2 rings (SSSR count). The van der Waals surface area contributed by atoms with Gasteiger partial charge in [0.05, 0.1) is 6.26 Å². The van der Waals surface area contributed by atoms with Gasteiger partial charge in [0.15, 0.2) is 17.1 Å². The Morgan fingerprint density at radius 1 is 1.43 bits per heavy atom. The van der Waals surface area contributed by atoms with E-state index in [0.717, 1.165) is 5.56 Å². The van der Waals surface area contributed by atoms with Crippen LogP contribution in [0.15, 0.2) is 22.8 Å². The van der Waals surface area contributed by atoms with E-state index in [1.165, 1.54) is 19.3 Å². The summed E-state index contributed by atoms with van der Waals surface area (Å²) >= 11 is 0. The summed E-state index contributed by atoms with van der Waals surface area (Å²) in [7, 11) is 0. The van der Waals surface area contributed by atoms with Crippen LogP contribution in [-0.2, 0) is 0 Å². The molecule has 3 heteroatoms. The van der Waals surface area contributed by atoms with E-state index in [-0.39, 0.29) is 11.5 Å². The summed E-state index contributed by atoms with van der Waals surface area (Å²) in [6.45, 7) is 3.34. The molecule has 3 nitrogen and oxygen atoms in total. The van der Waals surface area contributed by atoms with Crippen molar-refractivity contribution in [2.24, 2.45) is 0 Å². The van der Waals surface area contributed by atoms with Crippen LogP contribution in [0, 0.1) is 6.92 Å². The van der Waals surface area contributed by atoms with Crippen LogP contribution >= 0.6 is 0 Å². The smallest absolute Gasteiger partial charge is 0.176 e. The Hall–Kier alpha value is -1.77. The maximum atomic E-state index is 11.3. The second-order valence-electron chi connectivity index (χ2n) is 3.31. The molecule has 1 aromatic heterocycles. The minimum atomic E-state index is -0.0282. The van der Waals surface area contributed by atoms with Crippen LogP contribution in [0.4, 0.5) is 0 Å². The minimum Gasteiger partial charge on any atom is -0.504 e. The van der Waals surface area contributed by atoms with E-state index in [4.69, 9.17) is 4.42 Å². The first-order valence-electron chi connectivity index (χ1n) is 4.32. The monoisotopic (exact) mass is 190 g/mol. The number of hydrogen-bond acceptors (Lipinski definition) is 3. The molecule has 1 aromatic carbocycles. The van der Waals surface area contributed by atoms with Gasteiger partial charge in [-0.2, -0.15) is 0 Å². The Morgan fingerprint density at radius 2 is 2.14 bits per heavy atom. The van der Waals surface area contributed by atoms with E-state index >= 15 is 0 Å². The molecule has 0 spiro atoms. The molecule has 2 aromatic rings. The van der Waals surface area contributed by atoms with Crippen molar-refractivity contribution < 1.29 is 14.3 Å². The summed E-state index contributed by atoms with van der Waals surface area (Å²) in [5.41, 5.74) is 1.83. The Labute approximate surface area is 81.0 Å². The lowest BCUT2D eigenvalue weighted by molar-refractivity contribution is 0.101. The van der Waals surface area contributed by atoms with Gasteiger partial charge in [-0.1, -0.05) is 0 Å². The van der Waals surface area contributed by atoms with Crippen LogP contribution in [0.3, 0.4) is 0 Å². The highest BCUT2D eigenvalue weighted by Crippen LogP contribution is 2.31. The molecule has 0 unspecified atom stereocenters. The summed E-state index contributed by atoms with van der Waals surface area (Å²) in [4.78, 5) is 11.3. The number of Topliss-reactive ketones (excluding diaryl/α,β-unsaturated/α-hetero) is 1. The quantitative estimate of drug-likeness (QED) is 0.703. The lowest BCUT2D eigenvalue weighted by Crippen LogP contribution is -1.92. The number of fused-ring (bicyclic) bond motifs is 1. The lowest BCUT2D eigenvalue weighted by Gasteiger charge is -2.00. The predicted octanol–water partition coefficient (Wildman–Crippen LogP) is 2.65. The Kier molecular flexibility index (Phi) is 1.81. The fourth-order valence-corrected chi connectivity index (χ4v) is 1.58. The molecular formula is C11H10O3. The van der Waals surface area contributed by atoms with Crippen molar-refractivity contribution in [2.75, 3.05) is 0 Å². The Bertz CT molecular complexity index is 508. The van der Waals surface area contributed by atoms with Crippen LogP contribution < -0.4 is 0 Å². The van der Waals surface area contributed by atoms with E-state index in [1.54, 1.807) is 6.07 Å². The largest absolute Gasteiger partial charge is 0.504 e. The highest BCUT2D eigenvalue weighted by Gasteiger charge is 2.13. The first-order valence-corrected chi connectivity index (χ1v) is 4.32. The van der Waals surface area contributed by atoms with Gasteiger partial charge < -0.3 is 9.52 Å². The van der Waals surface area contributed by atoms with Crippen molar-refractivity contribution in [2.45, 2.75) is 13.8 Å². The zero-order valence-corrected chi connectivity index (χ0v) is 8.00. The molecule has 0 saturated carbocycles. The Balaban J connectivity index is 2.92. The molecule has 0 radical (unpaired) electrons. The van der Waals surface area contributed by atoms with Crippen molar-refractivity contribution in [3.05, 3.63) is 29.5 Å². The van der Waals surface area contributed by atoms with Gasteiger partial charge in [-0.25, -0.2) is 0 Å². The molecule has 0 fully saturated rings. The highest BCUT2D eigenvalue weighted by molar-refractivity contribution is 6.08. The molecule has 0 atom stereocenters. The summed E-state index contributed by atoms with van der Waals surface area (Å²) in [6.07, 6.45) is 1.54. The second kappa shape index (κ2) is 2.87. The summed E-state index contributed by atoms with van der Waals surface area (Å²) in [5.74, 6) is 0.0394. The van der Waals surface area contributed by atoms with Crippen molar-refractivity contribution in [3.63, 3.8) is 0 Å². The first kappa shape index (κ1) is 8.81. The van der Waals surface area contributed by atoms with E-state index in [2.05, 4.69) is 0 Å². The topological polar surface area (TPSA) is 50.4 Å². The summed E-state index contributed by atoms with van der Waals surface area (Å²) in [6, 6.07) is 3.09. The van der Waals surface area contributed by atoms with Gasteiger partial charge in [-0.3, -0.25) is 4.79 Å². The predicted molar refractivity (Wildman–Crippen MR) is 52.6 cm³/mol. The van der Waals surface area contributed by atoms with Gasteiger partial charge in [0.25, 0.3) is 0 Å². The highest BCUT2D eigenvalue weighted by atomic mass is 16.3. The number of phenolic OH excluding ortho intramolecular Hbond substituents is 1. The lowest BCUT2D eigenvalue weighted by atomic mass is 10.0. The third kappa shape index (κ3) is 1.09. The number of rotatable bonds is 1. The molecule has 1 N–H and O–H groups in total. The third-order valence-electron chi connectivity index (χ3n) is 2.26. The van der Waals surface area contributed by atoms with Crippen molar-refractivity contribution in [1.82, 2.24) is 0 Å². The zero-order chi connectivity index (χ0) is 10.3. The number of ketones is 1. The minimum absolute atomic E-state index is 0.0282. The molecule has 0 aliphatic heterocycles. The number of aryl methyl sites for hydroxylation is 1. The molecule has 0 bridgehead atoms. The molecule has 0 aliphatic rings. The average molecular weight is 190 g/mol. The average Bonchev–Trinajstić information content (AvgIpc) is 2.50. The van der Waals surface area contributed by atoms with Gasteiger partial charge in [-0.15, -0.1) is 0 Å². The Morgan fingerprint density at radius 3 is 2.79 bits per heavy atom. The number of furan rings is 1. The number of carbonyl (C=O) groups is 1. The van der Waals surface area contributed by atoms with Crippen molar-refractivity contribution in [1.29, 1.82) is 0 Å². The van der Waals surface area contributed by atoms with E-state index in [0.29, 0.717) is 16.5 Å². The standard InChI is InChI=1S/C11H10O3/c1-6-5-14-11-9(13)4-3-8(7(2)12)10(6)11/h3-5,13H,1-2H3.